The molecule has 1 saturated heterocycles. The number of hydrogen-bond donors (Lipinski definition) is 0. The zero-order valence-electron chi connectivity index (χ0n) is 35.4. The van der Waals surface area contributed by atoms with E-state index in [1.54, 1.807) is 24.3 Å². The van der Waals surface area contributed by atoms with Gasteiger partial charge in [-0.15, -0.1) is 0 Å². The monoisotopic (exact) mass is 862 g/mol. The first kappa shape index (κ1) is 48.8. The fourth-order valence-corrected chi connectivity index (χ4v) is 5.90. The molecule has 20 heteroatoms. The van der Waals surface area contributed by atoms with Crippen LogP contribution in [0, 0.1) is 0 Å². The molecular formula is C41H50O20. The van der Waals surface area contributed by atoms with Gasteiger partial charge in [-0.25, -0.2) is 0 Å². The molecule has 0 amide bonds. The summed E-state index contributed by atoms with van der Waals surface area (Å²) in [4.78, 5) is 84.5. The molecular weight excluding hydrogens is 812 g/mol. The Labute approximate surface area is 351 Å². The van der Waals surface area contributed by atoms with Crippen LogP contribution in [0.2, 0.25) is 0 Å². The maximum Gasteiger partial charge on any atom is 0.303 e. The second-order valence-electron chi connectivity index (χ2n) is 13.0. The first-order valence-corrected chi connectivity index (χ1v) is 18.5. The van der Waals surface area contributed by atoms with Gasteiger partial charge in [0.05, 0.1) is 21.3 Å². The average molecular weight is 863 g/mol. The fraction of sp³-hybridized carbons (Fsp3) is 0.488. The third kappa shape index (κ3) is 14.9. The Morgan fingerprint density at radius 1 is 0.623 bits per heavy atom. The van der Waals surface area contributed by atoms with Crippen LogP contribution >= 0.6 is 0 Å². The van der Waals surface area contributed by atoms with Gasteiger partial charge in [0.15, 0.2) is 47.4 Å². The van der Waals surface area contributed by atoms with Gasteiger partial charge in [0, 0.05) is 54.0 Å². The van der Waals surface area contributed by atoms with Crippen molar-refractivity contribution in [2.75, 3.05) is 41.2 Å². The van der Waals surface area contributed by atoms with Gasteiger partial charge in [0.2, 0.25) is 18.1 Å². The molecule has 3 rings (SSSR count). The van der Waals surface area contributed by atoms with Crippen LogP contribution in [-0.4, -0.2) is 120 Å². The molecule has 0 aliphatic carbocycles. The van der Waals surface area contributed by atoms with E-state index in [2.05, 4.69) is 0 Å². The van der Waals surface area contributed by atoms with Crippen LogP contribution in [0.1, 0.15) is 65.7 Å². The summed E-state index contributed by atoms with van der Waals surface area (Å²) in [5, 5.41) is 0. The number of methoxy groups -OCH3 is 3. The van der Waals surface area contributed by atoms with E-state index in [0.29, 0.717) is 5.56 Å². The summed E-state index contributed by atoms with van der Waals surface area (Å²) in [5.74, 6) is -4.73. The number of benzene rings is 2. The predicted octanol–water partition coefficient (Wildman–Crippen LogP) is 3.37. The Balaban J connectivity index is 2.12. The third-order valence-corrected chi connectivity index (χ3v) is 8.23. The lowest BCUT2D eigenvalue weighted by Crippen LogP contribution is -2.63. The first-order valence-electron chi connectivity index (χ1n) is 18.5. The van der Waals surface area contributed by atoms with E-state index in [9.17, 15) is 33.6 Å². The summed E-state index contributed by atoms with van der Waals surface area (Å²) >= 11 is 0. The molecule has 61 heavy (non-hydrogen) atoms. The van der Waals surface area contributed by atoms with E-state index < -0.39 is 97.9 Å². The third-order valence-electron chi connectivity index (χ3n) is 8.23. The maximum atomic E-state index is 12.6. The van der Waals surface area contributed by atoms with Crippen LogP contribution in [0.15, 0.2) is 36.4 Å². The highest BCUT2D eigenvalue weighted by Gasteiger charge is 2.53. The zero-order valence-corrected chi connectivity index (χ0v) is 35.4. The molecule has 0 bridgehead atoms. The number of rotatable bonds is 20. The Hall–Kier alpha value is -6.57. The summed E-state index contributed by atoms with van der Waals surface area (Å²) in [6.45, 7) is 7.09. The smallest absolute Gasteiger partial charge is 0.303 e. The minimum absolute atomic E-state index is 0.00574. The summed E-state index contributed by atoms with van der Waals surface area (Å²) in [6, 6.07) is 7.49. The molecule has 1 aliphatic rings. The first-order chi connectivity index (χ1) is 28.9. The molecule has 0 saturated carbocycles. The second-order valence-corrected chi connectivity index (χ2v) is 13.0. The van der Waals surface area contributed by atoms with Crippen molar-refractivity contribution in [3.05, 3.63) is 47.5 Å². The lowest BCUT2D eigenvalue weighted by molar-refractivity contribution is -0.288. The van der Waals surface area contributed by atoms with Crippen LogP contribution in [0.4, 0.5) is 0 Å². The van der Waals surface area contributed by atoms with E-state index in [0.717, 1.165) is 34.6 Å². The summed E-state index contributed by atoms with van der Waals surface area (Å²) in [5.41, 5.74) is 0.819. The highest BCUT2D eigenvalue weighted by molar-refractivity contribution is 5.70. The number of carbonyl (C=O) groups excluding carboxylic acids is 7. The Bertz CT molecular complexity index is 1900. The van der Waals surface area contributed by atoms with Gasteiger partial charge < -0.3 is 61.6 Å². The minimum atomic E-state index is -1.61. The SMILES string of the molecule is COc1cc(C(OC(C)=O)C(COC(C)=O)Oc2c(OC)cc(/C=C/COC(C)=O)cc2OC)ccc1O[C@@H]1O[C@H](COC(C)=O)[C@@H](OC(C)=O)[C@H](OC(C)=O)[C@H]1OC(C)=O. The lowest BCUT2D eigenvalue weighted by Gasteiger charge is -2.44. The summed E-state index contributed by atoms with van der Waals surface area (Å²) in [6.07, 6.45) is -6.72. The number of ether oxygens (including phenoxy) is 13. The molecule has 2 aromatic carbocycles. The molecule has 0 aromatic heterocycles. The molecule has 0 N–H and O–H groups in total. The van der Waals surface area contributed by atoms with Gasteiger partial charge in [-0.2, -0.15) is 0 Å². The molecule has 7 atom stereocenters. The molecule has 0 spiro atoms. The van der Waals surface area contributed by atoms with E-state index in [1.807, 2.05) is 0 Å². The van der Waals surface area contributed by atoms with Crippen LogP contribution in [-0.2, 0) is 71.5 Å². The summed E-state index contributed by atoms with van der Waals surface area (Å²) in [7, 11) is 4.06. The van der Waals surface area contributed by atoms with E-state index in [1.165, 1.54) is 53.4 Å². The van der Waals surface area contributed by atoms with Crippen molar-refractivity contribution in [2.45, 2.75) is 91.4 Å². The van der Waals surface area contributed by atoms with Crippen LogP contribution in [0.3, 0.4) is 0 Å². The molecule has 1 heterocycles. The van der Waals surface area contributed by atoms with E-state index in [-0.39, 0.29) is 40.9 Å². The number of esters is 7. The van der Waals surface area contributed by atoms with E-state index >= 15 is 0 Å². The zero-order chi connectivity index (χ0) is 45.4. The Morgan fingerprint density at radius 2 is 1.18 bits per heavy atom. The van der Waals surface area contributed by atoms with Crippen molar-refractivity contribution in [2.24, 2.45) is 0 Å². The van der Waals surface area contributed by atoms with Crippen LogP contribution in [0.5, 0.6) is 28.7 Å². The highest BCUT2D eigenvalue weighted by Crippen LogP contribution is 2.42. The van der Waals surface area contributed by atoms with Gasteiger partial charge in [-0.1, -0.05) is 12.1 Å². The molecule has 1 aliphatic heterocycles. The normalized spacial score (nSPS) is 19.2. The van der Waals surface area contributed by atoms with Crippen molar-refractivity contribution in [3.8, 4) is 28.7 Å². The van der Waals surface area contributed by atoms with Crippen LogP contribution < -0.4 is 23.7 Å². The fourth-order valence-electron chi connectivity index (χ4n) is 5.90. The van der Waals surface area contributed by atoms with Gasteiger partial charge >= 0.3 is 41.8 Å². The quantitative estimate of drug-likeness (QED) is 0.137. The molecule has 2 aromatic rings. The van der Waals surface area contributed by atoms with Gasteiger partial charge in [-0.05, 0) is 35.9 Å². The maximum absolute atomic E-state index is 12.6. The molecule has 334 valence electrons. The van der Waals surface area contributed by atoms with Crippen molar-refractivity contribution in [1.29, 1.82) is 0 Å². The molecule has 1 fully saturated rings. The van der Waals surface area contributed by atoms with Gasteiger partial charge in [-0.3, -0.25) is 33.6 Å². The second kappa shape index (κ2) is 23.3. The highest BCUT2D eigenvalue weighted by atomic mass is 16.7. The number of hydrogen-bond acceptors (Lipinski definition) is 20. The van der Waals surface area contributed by atoms with Crippen molar-refractivity contribution < 1.29 is 95.1 Å². The lowest BCUT2D eigenvalue weighted by atomic mass is 9.98. The van der Waals surface area contributed by atoms with Gasteiger partial charge in [0.25, 0.3) is 0 Å². The van der Waals surface area contributed by atoms with E-state index in [4.69, 9.17) is 61.6 Å². The Morgan fingerprint density at radius 3 is 1.70 bits per heavy atom. The topological polar surface area (TPSA) is 239 Å². The largest absolute Gasteiger partial charge is 0.493 e. The molecule has 2 unspecified atom stereocenters. The minimum Gasteiger partial charge on any atom is -0.493 e. The Kier molecular flexibility index (Phi) is 18.6. The van der Waals surface area contributed by atoms with Gasteiger partial charge in [0.1, 0.15) is 25.9 Å². The predicted molar refractivity (Wildman–Crippen MR) is 206 cm³/mol. The number of carbonyl (C=O) groups is 7. The average Bonchev–Trinajstić information content (AvgIpc) is 3.18. The van der Waals surface area contributed by atoms with Crippen molar-refractivity contribution in [3.63, 3.8) is 0 Å². The summed E-state index contributed by atoms with van der Waals surface area (Å²) < 4.78 is 73.2. The van der Waals surface area contributed by atoms with Crippen LogP contribution in [0.25, 0.3) is 6.08 Å². The molecule has 20 nitrogen and oxygen atoms in total. The van der Waals surface area contributed by atoms with Crippen molar-refractivity contribution in [1.82, 2.24) is 0 Å². The molecule has 0 radical (unpaired) electrons. The van der Waals surface area contributed by atoms with Crippen molar-refractivity contribution >= 4 is 47.9 Å². The standard InChI is InChI=1S/C41H50O20/c1-21(42)52-15-11-12-28-16-32(50-9)37(33(17-28)51-10)59-34(19-53-22(2)43)36(55-24(4)45)29-13-14-30(31(18-29)49-8)60-41-40(58-27(7)48)39(57-26(6)47)38(56-25(5)46)35(61-41)20-54-23(3)44/h11-14,16-18,34-36,38-41H,15,19-20H2,1-10H3/b12-11+/t34?,35-,36?,38-,39+,40-,41-/m1/s1.